The van der Waals surface area contributed by atoms with Gasteiger partial charge >= 0.3 is 0 Å². The molecule has 2 atom stereocenters. The van der Waals surface area contributed by atoms with Gasteiger partial charge in [0.25, 0.3) is 0 Å². The minimum absolute atomic E-state index is 0. The number of nitrogens with zero attached hydrogens (tertiary/aromatic N) is 1. The third-order valence-electron chi connectivity index (χ3n) is 5.12. The maximum Gasteiger partial charge on any atom is 0.123 e. The lowest BCUT2D eigenvalue weighted by molar-refractivity contribution is 0.0354. The Morgan fingerprint density at radius 2 is 1.97 bits per heavy atom. The number of unbranched alkanes of at least 4 members (excludes halogenated alkanes) is 2. The Hall–Kier alpha value is -1.40. The summed E-state index contributed by atoms with van der Waals surface area (Å²) in [4.78, 5) is 4.46. The van der Waals surface area contributed by atoms with E-state index in [0.29, 0.717) is 11.7 Å². The molecule has 1 aromatic heterocycles. The van der Waals surface area contributed by atoms with Gasteiger partial charge in [-0.15, -0.1) is 24.8 Å². The van der Waals surface area contributed by atoms with Gasteiger partial charge in [0, 0.05) is 31.3 Å². The number of nitrogen functional groups attached to an aromatic ring is 1. The van der Waals surface area contributed by atoms with Crippen LogP contribution in [0.25, 0.3) is 0 Å². The molecular weight excluding hydrogens is 412 g/mol. The number of aromatic nitrogens is 1. The van der Waals surface area contributed by atoms with Gasteiger partial charge in [0.2, 0.25) is 0 Å². The first kappa shape index (κ1) is 25.6. The lowest BCUT2D eigenvalue weighted by Gasteiger charge is -2.19. The van der Waals surface area contributed by atoms with Crippen LogP contribution in [0.2, 0.25) is 0 Å². The van der Waals surface area contributed by atoms with E-state index in [0.717, 1.165) is 68.6 Å². The molecule has 1 aliphatic heterocycles. The summed E-state index contributed by atoms with van der Waals surface area (Å²) >= 11 is 0. The average Bonchev–Trinajstić information content (AvgIpc) is 3.04. The van der Waals surface area contributed by atoms with E-state index in [1.165, 1.54) is 6.07 Å². The van der Waals surface area contributed by atoms with Gasteiger partial charge in [0.1, 0.15) is 11.6 Å². The first-order chi connectivity index (χ1) is 13.1. The van der Waals surface area contributed by atoms with Gasteiger partial charge in [0.05, 0.1) is 6.10 Å². The quantitative estimate of drug-likeness (QED) is 0.559. The second-order valence-corrected chi connectivity index (χ2v) is 7.53. The van der Waals surface area contributed by atoms with Crippen LogP contribution in [0.15, 0.2) is 36.4 Å². The predicted octanol–water partition coefficient (Wildman–Crippen LogP) is 4.52. The first-order valence-corrected chi connectivity index (χ1v) is 9.90. The number of halogens is 3. The van der Waals surface area contributed by atoms with E-state index >= 15 is 0 Å². The topological polar surface area (TPSA) is 60.2 Å². The number of pyridine rings is 1. The Balaban J connectivity index is 0.00000210. The van der Waals surface area contributed by atoms with Gasteiger partial charge in [-0.1, -0.05) is 18.6 Å². The van der Waals surface area contributed by atoms with E-state index in [1.807, 2.05) is 19.1 Å². The number of hydrogen-bond donors (Lipinski definition) is 2. The molecule has 1 fully saturated rings. The fourth-order valence-corrected chi connectivity index (χ4v) is 3.78. The van der Waals surface area contributed by atoms with Crippen molar-refractivity contribution in [1.82, 2.24) is 10.3 Å². The molecule has 1 saturated heterocycles. The number of rotatable bonds is 9. The van der Waals surface area contributed by atoms with E-state index in [4.69, 9.17) is 10.5 Å². The number of hydrogen-bond acceptors (Lipinski definition) is 4. The first-order valence-electron chi connectivity index (χ1n) is 9.90. The van der Waals surface area contributed by atoms with Crippen molar-refractivity contribution in [2.24, 2.45) is 5.92 Å². The lowest BCUT2D eigenvalue weighted by atomic mass is 9.99. The zero-order valence-electron chi connectivity index (χ0n) is 16.9. The lowest BCUT2D eigenvalue weighted by Crippen LogP contribution is -2.25. The molecule has 0 spiro atoms. The molecule has 3 rings (SSSR count). The molecular formula is C22H32Cl2FN3O. The average molecular weight is 444 g/mol. The fourth-order valence-electron chi connectivity index (χ4n) is 3.78. The molecule has 0 saturated carbocycles. The van der Waals surface area contributed by atoms with Crippen LogP contribution in [0, 0.1) is 18.7 Å². The summed E-state index contributed by atoms with van der Waals surface area (Å²) in [7, 11) is 0. The van der Waals surface area contributed by atoms with Crippen molar-refractivity contribution in [2.45, 2.75) is 45.1 Å². The number of benzene rings is 1. The zero-order valence-corrected chi connectivity index (χ0v) is 18.5. The summed E-state index contributed by atoms with van der Waals surface area (Å²) < 4.78 is 19.3. The number of nitrogens with two attached hydrogens (primary N) is 1. The smallest absolute Gasteiger partial charge is 0.123 e. The molecule has 3 N–H and O–H groups in total. The highest BCUT2D eigenvalue weighted by atomic mass is 35.5. The predicted molar refractivity (Wildman–Crippen MR) is 122 cm³/mol. The molecule has 2 heterocycles. The van der Waals surface area contributed by atoms with E-state index in [-0.39, 0.29) is 36.7 Å². The minimum Gasteiger partial charge on any atom is -0.384 e. The summed E-state index contributed by atoms with van der Waals surface area (Å²) in [5, 5.41) is 3.43. The molecule has 0 aliphatic carbocycles. The van der Waals surface area contributed by atoms with E-state index in [1.54, 1.807) is 12.1 Å². The minimum atomic E-state index is -0.152. The summed E-state index contributed by atoms with van der Waals surface area (Å²) in [5.74, 6) is 0.873. The number of aryl methyl sites for hydroxylation is 2. The highest BCUT2D eigenvalue weighted by molar-refractivity contribution is 5.85. The number of anilines is 1. The van der Waals surface area contributed by atoms with E-state index in [9.17, 15) is 4.39 Å². The van der Waals surface area contributed by atoms with Crippen molar-refractivity contribution in [3.8, 4) is 0 Å². The summed E-state index contributed by atoms with van der Waals surface area (Å²) in [6, 6.07) is 10.9. The van der Waals surface area contributed by atoms with Crippen LogP contribution in [-0.2, 0) is 17.6 Å². The maximum absolute atomic E-state index is 13.2. The Labute approximate surface area is 185 Å². The second kappa shape index (κ2) is 13.0. The van der Waals surface area contributed by atoms with Crippen molar-refractivity contribution in [3.05, 3.63) is 59.0 Å². The van der Waals surface area contributed by atoms with Gasteiger partial charge < -0.3 is 15.8 Å². The monoisotopic (exact) mass is 443 g/mol. The van der Waals surface area contributed by atoms with Crippen molar-refractivity contribution in [1.29, 1.82) is 0 Å². The molecule has 0 radical (unpaired) electrons. The van der Waals surface area contributed by atoms with Gasteiger partial charge in [-0.25, -0.2) is 9.37 Å². The molecule has 29 heavy (non-hydrogen) atoms. The summed E-state index contributed by atoms with van der Waals surface area (Å²) in [6.45, 7) is 4.68. The Morgan fingerprint density at radius 3 is 2.72 bits per heavy atom. The van der Waals surface area contributed by atoms with Crippen LogP contribution in [-0.4, -0.2) is 30.8 Å². The molecule has 1 aromatic carbocycles. The third kappa shape index (κ3) is 8.47. The largest absolute Gasteiger partial charge is 0.384 e. The van der Waals surface area contributed by atoms with Gasteiger partial charge in [-0.05, 0) is 68.0 Å². The van der Waals surface area contributed by atoms with E-state index < -0.39 is 0 Å². The molecule has 0 amide bonds. The maximum atomic E-state index is 13.2. The molecule has 1 aliphatic rings. The highest BCUT2D eigenvalue weighted by Crippen LogP contribution is 2.20. The van der Waals surface area contributed by atoms with Crippen LogP contribution >= 0.6 is 24.8 Å². The standard InChI is InChI=1S/C22H30FN3O.2ClH/c1-16-10-20(26-22(24)11-16)13-18-14-25-15-21(18)27-9-4-2-3-6-17-7-5-8-19(23)12-17;;/h5,7-8,10-12,18,21,25H,2-4,6,9,13-15H2,1H3,(H2,24,26);2*1H/t18-,21+;;/m1../s1. The van der Waals surface area contributed by atoms with Crippen LogP contribution in [0.4, 0.5) is 10.2 Å². The fraction of sp³-hybridized carbons (Fsp3) is 0.500. The summed E-state index contributed by atoms with van der Waals surface area (Å²) in [6.07, 6.45) is 5.24. The van der Waals surface area contributed by atoms with Gasteiger partial charge in [0.15, 0.2) is 0 Å². The molecule has 7 heteroatoms. The van der Waals surface area contributed by atoms with Crippen LogP contribution in [0.5, 0.6) is 0 Å². The van der Waals surface area contributed by atoms with Gasteiger partial charge in [-0.2, -0.15) is 0 Å². The Kier molecular flexibility index (Phi) is 11.5. The van der Waals surface area contributed by atoms with Crippen molar-refractivity contribution < 1.29 is 9.13 Å². The molecule has 4 nitrogen and oxygen atoms in total. The highest BCUT2D eigenvalue weighted by Gasteiger charge is 2.28. The Bertz CT molecular complexity index is 727. The van der Waals surface area contributed by atoms with Crippen molar-refractivity contribution >= 4 is 30.6 Å². The number of nitrogens with one attached hydrogen (secondary N) is 1. The van der Waals surface area contributed by atoms with Crippen LogP contribution in [0.3, 0.4) is 0 Å². The van der Waals surface area contributed by atoms with E-state index in [2.05, 4.69) is 16.4 Å². The van der Waals surface area contributed by atoms with Crippen LogP contribution in [0.1, 0.15) is 36.1 Å². The molecule has 0 bridgehead atoms. The normalized spacial score (nSPS) is 18.1. The third-order valence-corrected chi connectivity index (χ3v) is 5.12. The summed E-state index contributed by atoms with van der Waals surface area (Å²) in [5.41, 5.74) is 9.14. The SMILES string of the molecule is Cc1cc(N)nc(C[C@@H]2CNC[C@@H]2OCCCCCc2cccc(F)c2)c1.Cl.Cl. The zero-order chi connectivity index (χ0) is 19.1. The van der Waals surface area contributed by atoms with Crippen molar-refractivity contribution in [2.75, 3.05) is 25.4 Å². The molecule has 2 aromatic rings. The van der Waals surface area contributed by atoms with Gasteiger partial charge in [-0.3, -0.25) is 0 Å². The molecule has 162 valence electrons. The number of ether oxygens (including phenoxy) is 1. The second-order valence-electron chi connectivity index (χ2n) is 7.53. The Morgan fingerprint density at radius 1 is 1.14 bits per heavy atom. The molecule has 0 unspecified atom stereocenters. The van der Waals surface area contributed by atoms with Crippen molar-refractivity contribution in [3.63, 3.8) is 0 Å². The van der Waals surface area contributed by atoms with Crippen LogP contribution < -0.4 is 11.1 Å².